The molecule has 0 saturated heterocycles. The summed E-state index contributed by atoms with van der Waals surface area (Å²) in [4.78, 5) is 10.4. The number of carbonyl (C=O) groups excluding carboxylic acids is 1. The predicted molar refractivity (Wildman–Crippen MR) is 49.7 cm³/mol. The fraction of sp³-hybridized carbons (Fsp3) is 0.364. The van der Waals surface area contributed by atoms with Crippen molar-refractivity contribution in [2.24, 2.45) is 0 Å². The molecule has 2 nitrogen and oxygen atoms in total. The Bertz CT molecular complexity index is 309. The van der Waals surface area contributed by atoms with E-state index in [9.17, 15) is 9.90 Å². The Morgan fingerprint density at radius 3 is 2.38 bits per heavy atom. The van der Waals surface area contributed by atoms with Gasteiger partial charge in [0, 0.05) is 12.0 Å². The summed E-state index contributed by atoms with van der Waals surface area (Å²) in [5.41, 5.74) is 1.35. The molecule has 1 aromatic rings. The van der Waals surface area contributed by atoms with Crippen LogP contribution in [0.1, 0.15) is 28.8 Å². The van der Waals surface area contributed by atoms with Crippen molar-refractivity contribution >= 4 is 6.29 Å². The summed E-state index contributed by atoms with van der Waals surface area (Å²) in [7, 11) is 0. The number of rotatable bonds is 3. The minimum absolute atomic E-state index is 0.442. The average molecular weight is 176 g/mol. The highest BCUT2D eigenvalue weighted by Gasteiger charge is 2.39. The predicted octanol–water partition coefficient (Wildman–Crippen LogP) is 1.57. The Labute approximate surface area is 77.2 Å². The molecule has 1 aliphatic carbocycles. The molecular formula is C11H12O2. The fourth-order valence-corrected chi connectivity index (χ4v) is 1.42. The molecule has 0 bridgehead atoms. The molecular weight excluding hydrogens is 164 g/mol. The number of hydrogen-bond acceptors (Lipinski definition) is 2. The van der Waals surface area contributed by atoms with Crippen LogP contribution in [0.15, 0.2) is 24.3 Å². The van der Waals surface area contributed by atoms with Crippen LogP contribution in [0.5, 0.6) is 0 Å². The van der Waals surface area contributed by atoms with Crippen LogP contribution in [0.3, 0.4) is 0 Å². The Kier molecular flexibility index (Phi) is 1.93. The van der Waals surface area contributed by atoms with Crippen LogP contribution < -0.4 is 0 Å². The standard InChI is InChI=1S/C11H12O2/c12-8-10-3-1-9(2-4-10)7-11(13)5-6-11/h1-4,8,13H,5-7H2. The van der Waals surface area contributed by atoms with E-state index in [0.29, 0.717) is 12.0 Å². The lowest BCUT2D eigenvalue weighted by atomic mass is 10.1. The normalized spacial score (nSPS) is 18.2. The summed E-state index contributed by atoms with van der Waals surface area (Å²) in [5.74, 6) is 0. The van der Waals surface area contributed by atoms with Crippen LogP contribution in [0.2, 0.25) is 0 Å². The highest BCUT2D eigenvalue weighted by atomic mass is 16.3. The van der Waals surface area contributed by atoms with E-state index in [2.05, 4.69) is 0 Å². The molecule has 13 heavy (non-hydrogen) atoms. The summed E-state index contributed by atoms with van der Waals surface area (Å²) in [6.07, 6.45) is 3.35. The molecule has 0 unspecified atom stereocenters. The highest BCUT2D eigenvalue weighted by Crippen LogP contribution is 2.38. The summed E-state index contributed by atoms with van der Waals surface area (Å²) in [5, 5.41) is 9.64. The summed E-state index contributed by atoms with van der Waals surface area (Å²) in [6.45, 7) is 0. The molecule has 2 rings (SSSR count). The molecule has 68 valence electrons. The van der Waals surface area contributed by atoms with E-state index in [4.69, 9.17) is 0 Å². The molecule has 1 aliphatic rings. The van der Waals surface area contributed by atoms with E-state index >= 15 is 0 Å². The van der Waals surface area contributed by atoms with Gasteiger partial charge in [-0.3, -0.25) is 4.79 Å². The smallest absolute Gasteiger partial charge is 0.150 e. The maximum Gasteiger partial charge on any atom is 0.150 e. The Morgan fingerprint density at radius 2 is 1.92 bits per heavy atom. The zero-order valence-corrected chi connectivity index (χ0v) is 7.36. The van der Waals surface area contributed by atoms with E-state index in [-0.39, 0.29) is 0 Å². The number of carbonyl (C=O) groups is 1. The van der Waals surface area contributed by atoms with E-state index in [1.54, 1.807) is 12.1 Å². The molecule has 0 amide bonds. The minimum atomic E-state index is -0.442. The first kappa shape index (κ1) is 8.45. The van der Waals surface area contributed by atoms with Crippen molar-refractivity contribution in [1.29, 1.82) is 0 Å². The van der Waals surface area contributed by atoms with Crippen molar-refractivity contribution in [2.75, 3.05) is 0 Å². The van der Waals surface area contributed by atoms with Crippen molar-refractivity contribution in [3.05, 3.63) is 35.4 Å². The lowest BCUT2D eigenvalue weighted by Gasteiger charge is -2.06. The third kappa shape index (κ3) is 1.95. The third-order valence-electron chi connectivity index (χ3n) is 2.48. The lowest BCUT2D eigenvalue weighted by Crippen LogP contribution is -2.10. The second kappa shape index (κ2) is 2.96. The summed E-state index contributed by atoms with van der Waals surface area (Å²) >= 11 is 0. The van der Waals surface area contributed by atoms with Crippen LogP contribution >= 0.6 is 0 Å². The van der Waals surface area contributed by atoms with Gasteiger partial charge < -0.3 is 5.11 Å². The first-order valence-corrected chi connectivity index (χ1v) is 4.48. The van der Waals surface area contributed by atoms with Crippen molar-refractivity contribution in [2.45, 2.75) is 24.9 Å². The molecule has 0 aliphatic heterocycles. The number of aldehydes is 1. The van der Waals surface area contributed by atoms with Crippen LogP contribution in [0, 0.1) is 0 Å². The van der Waals surface area contributed by atoms with Crippen LogP contribution in [0.25, 0.3) is 0 Å². The van der Waals surface area contributed by atoms with Gasteiger partial charge in [0.25, 0.3) is 0 Å². The SMILES string of the molecule is O=Cc1ccc(CC2(O)CC2)cc1. The van der Waals surface area contributed by atoms with Gasteiger partial charge in [-0.25, -0.2) is 0 Å². The Balaban J connectivity index is 2.09. The van der Waals surface area contributed by atoms with Gasteiger partial charge in [0.15, 0.2) is 0 Å². The molecule has 0 heterocycles. The topological polar surface area (TPSA) is 37.3 Å². The van der Waals surface area contributed by atoms with Crippen LogP contribution in [-0.2, 0) is 6.42 Å². The maximum atomic E-state index is 10.4. The second-order valence-electron chi connectivity index (χ2n) is 3.76. The zero-order chi connectivity index (χ0) is 9.31. The van der Waals surface area contributed by atoms with E-state index in [1.807, 2.05) is 12.1 Å². The number of hydrogen-bond donors (Lipinski definition) is 1. The summed E-state index contributed by atoms with van der Waals surface area (Å²) in [6, 6.07) is 7.38. The first-order chi connectivity index (χ1) is 6.22. The molecule has 1 saturated carbocycles. The van der Waals surface area contributed by atoms with Gasteiger partial charge in [0.2, 0.25) is 0 Å². The van der Waals surface area contributed by atoms with Crippen molar-refractivity contribution in [3.8, 4) is 0 Å². The molecule has 0 atom stereocenters. The minimum Gasteiger partial charge on any atom is -0.390 e. The molecule has 1 N–H and O–H groups in total. The summed E-state index contributed by atoms with van der Waals surface area (Å²) < 4.78 is 0. The zero-order valence-electron chi connectivity index (χ0n) is 7.36. The van der Waals surface area contributed by atoms with E-state index in [1.165, 1.54) is 0 Å². The van der Waals surface area contributed by atoms with Gasteiger partial charge in [0.1, 0.15) is 6.29 Å². The van der Waals surface area contributed by atoms with Gasteiger partial charge in [-0.05, 0) is 18.4 Å². The largest absolute Gasteiger partial charge is 0.390 e. The van der Waals surface area contributed by atoms with E-state index < -0.39 is 5.60 Å². The van der Waals surface area contributed by atoms with Gasteiger partial charge in [-0.15, -0.1) is 0 Å². The average Bonchev–Trinajstić information content (AvgIpc) is 2.85. The molecule has 0 aromatic heterocycles. The van der Waals surface area contributed by atoms with Gasteiger partial charge in [-0.1, -0.05) is 24.3 Å². The van der Waals surface area contributed by atoms with Crippen molar-refractivity contribution < 1.29 is 9.90 Å². The lowest BCUT2D eigenvalue weighted by molar-refractivity contribution is 0.112. The third-order valence-corrected chi connectivity index (χ3v) is 2.48. The molecule has 1 fully saturated rings. The number of benzene rings is 1. The monoisotopic (exact) mass is 176 g/mol. The molecule has 0 spiro atoms. The first-order valence-electron chi connectivity index (χ1n) is 4.48. The fourth-order valence-electron chi connectivity index (χ4n) is 1.42. The second-order valence-corrected chi connectivity index (χ2v) is 3.76. The molecule has 0 radical (unpaired) electrons. The Morgan fingerprint density at radius 1 is 1.31 bits per heavy atom. The Hall–Kier alpha value is -1.15. The quantitative estimate of drug-likeness (QED) is 0.710. The van der Waals surface area contributed by atoms with Crippen LogP contribution in [0.4, 0.5) is 0 Å². The van der Waals surface area contributed by atoms with Crippen molar-refractivity contribution in [3.63, 3.8) is 0 Å². The van der Waals surface area contributed by atoms with Gasteiger partial charge >= 0.3 is 0 Å². The van der Waals surface area contributed by atoms with Gasteiger partial charge in [0.05, 0.1) is 5.60 Å². The highest BCUT2D eigenvalue weighted by molar-refractivity contribution is 5.74. The molecule has 2 heteroatoms. The van der Waals surface area contributed by atoms with E-state index in [0.717, 1.165) is 24.7 Å². The molecule has 1 aromatic carbocycles. The van der Waals surface area contributed by atoms with Crippen LogP contribution in [-0.4, -0.2) is 17.0 Å². The van der Waals surface area contributed by atoms with Crippen molar-refractivity contribution in [1.82, 2.24) is 0 Å². The number of aliphatic hydroxyl groups is 1. The maximum absolute atomic E-state index is 10.4. The van der Waals surface area contributed by atoms with Gasteiger partial charge in [-0.2, -0.15) is 0 Å².